The van der Waals surface area contributed by atoms with Gasteiger partial charge in [0.15, 0.2) is 0 Å². The smallest absolute Gasteiger partial charge is 0.224 e. The van der Waals surface area contributed by atoms with Crippen LogP contribution < -0.4 is 5.32 Å². The van der Waals surface area contributed by atoms with Gasteiger partial charge in [-0.2, -0.15) is 11.8 Å². The molecule has 3 heteroatoms. The van der Waals surface area contributed by atoms with Gasteiger partial charge in [-0.05, 0) is 24.7 Å². The molecule has 0 bridgehead atoms. The van der Waals surface area contributed by atoms with Crippen LogP contribution in [0.5, 0.6) is 0 Å². The van der Waals surface area contributed by atoms with Gasteiger partial charge in [0.1, 0.15) is 0 Å². The molecule has 1 amide bonds. The maximum absolute atomic E-state index is 11.7. The number of amides is 1. The second kappa shape index (κ2) is 5.39. The first-order valence-corrected chi connectivity index (χ1v) is 6.82. The molecule has 1 aromatic rings. The van der Waals surface area contributed by atoms with Crippen LogP contribution in [0.3, 0.4) is 0 Å². The minimum absolute atomic E-state index is 0.149. The molecule has 86 valence electrons. The monoisotopic (exact) mass is 235 g/mol. The summed E-state index contributed by atoms with van der Waals surface area (Å²) in [6, 6.07) is 8.54. The predicted molar refractivity (Wildman–Crippen MR) is 68.8 cm³/mol. The lowest BCUT2D eigenvalue weighted by Crippen LogP contribution is -2.35. The zero-order valence-corrected chi connectivity index (χ0v) is 10.3. The fourth-order valence-electron chi connectivity index (χ4n) is 1.82. The quantitative estimate of drug-likeness (QED) is 0.870. The highest BCUT2D eigenvalue weighted by Gasteiger charge is 2.17. The Balaban J connectivity index is 1.84. The van der Waals surface area contributed by atoms with Gasteiger partial charge in [-0.15, -0.1) is 0 Å². The van der Waals surface area contributed by atoms with Crippen molar-refractivity contribution in [3.63, 3.8) is 0 Å². The van der Waals surface area contributed by atoms with Crippen molar-refractivity contribution in [2.45, 2.75) is 25.8 Å². The van der Waals surface area contributed by atoms with Gasteiger partial charge in [0.05, 0.1) is 6.42 Å². The SMILES string of the molecule is Cc1ccc(CC(=O)NC2CCSC2)cc1. The minimum Gasteiger partial charge on any atom is -0.352 e. The molecule has 0 saturated carbocycles. The molecule has 0 spiro atoms. The van der Waals surface area contributed by atoms with Gasteiger partial charge in [0.2, 0.25) is 5.91 Å². The molecule has 1 fully saturated rings. The summed E-state index contributed by atoms with van der Waals surface area (Å²) in [4.78, 5) is 11.7. The van der Waals surface area contributed by atoms with Crippen LogP contribution in [-0.2, 0) is 11.2 Å². The normalized spacial score (nSPS) is 19.7. The maximum Gasteiger partial charge on any atom is 0.224 e. The van der Waals surface area contributed by atoms with Crippen LogP contribution in [0.25, 0.3) is 0 Å². The Morgan fingerprint density at radius 1 is 1.44 bits per heavy atom. The van der Waals surface area contributed by atoms with Crippen LogP contribution in [0.2, 0.25) is 0 Å². The summed E-state index contributed by atoms with van der Waals surface area (Å²) < 4.78 is 0. The lowest BCUT2D eigenvalue weighted by atomic mass is 10.1. The molecule has 0 radical (unpaired) electrons. The number of carbonyl (C=O) groups excluding carboxylic acids is 1. The Morgan fingerprint density at radius 3 is 2.81 bits per heavy atom. The Kier molecular flexibility index (Phi) is 3.88. The molecule has 1 unspecified atom stereocenters. The van der Waals surface area contributed by atoms with Crippen LogP contribution in [0, 0.1) is 6.92 Å². The lowest BCUT2D eigenvalue weighted by Gasteiger charge is -2.11. The average molecular weight is 235 g/mol. The highest BCUT2D eigenvalue weighted by Crippen LogP contribution is 2.17. The number of carbonyl (C=O) groups is 1. The zero-order valence-electron chi connectivity index (χ0n) is 9.53. The highest BCUT2D eigenvalue weighted by molar-refractivity contribution is 7.99. The average Bonchev–Trinajstić information content (AvgIpc) is 2.74. The summed E-state index contributed by atoms with van der Waals surface area (Å²) >= 11 is 1.92. The predicted octanol–water partition coefficient (Wildman–Crippen LogP) is 2.16. The van der Waals surface area contributed by atoms with E-state index in [1.54, 1.807) is 0 Å². The maximum atomic E-state index is 11.7. The minimum atomic E-state index is 0.149. The summed E-state index contributed by atoms with van der Waals surface area (Å²) in [5.74, 6) is 2.39. The third kappa shape index (κ3) is 3.27. The fourth-order valence-corrected chi connectivity index (χ4v) is 2.97. The Hall–Kier alpha value is -0.960. The van der Waals surface area contributed by atoms with Gasteiger partial charge in [0.25, 0.3) is 0 Å². The van der Waals surface area contributed by atoms with E-state index in [1.165, 1.54) is 11.3 Å². The molecule has 1 N–H and O–H groups in total. The standard InChI is InChI=1S/C13H17NOS/c1-10-2-4-11(5-3-10)8-13(15)14-12-6-7-16-9-12/h2-5,12H,6-9H2,1H3,(H,14,15). The van der Waals surface area contributed by atoms with E-state index in [2.05, 4.69) is 12.2 Å². The first-order valence-electron chi connectivity index (χ1n) is 5.67. The van der Waals surface area contributed by atoms with Crippen molar-refractivity contribution in [3.8, 4) is 0 Å². The Labute approximate surface area is 101 Å². The molecule has 1 aliphatic rings. The van der Waals surface area contributed by atoms with Gasteiger partial charge in [-0.1, -0.05) is 29.8 Å². The first kappa shape index (κ1) is 11.5. The van der Waals surface area contributed by atoms with E-state index in [-0.39, 0.29) is 5.91 Å². The number of hydrogen-bond donors (Lipinski definition) is 1. The number of hydrogen-bond acceptors (Lipinski definition) is 2. The van der Waals surface area contributed by atoms with Crippen molar-refractivity contribution in [3.05, 3.63) is 35.4 Å². The number of nitrogens with one attached hydrogen (secondary N) is 1. The molecular weight excluding hydrogens is 218 g/mol. The zero-order chi connectivity index (χ0) is 11.4. The number of benzene rings is 1. The summed E-state index contributed by atoms with van der Waals surface area (Å²) in [6.45, 7) is 2.06. The Bertz CT molecular complexity index is 355. The van der Waals surface area contributed by atoms with Gasteiger partial charge in [-0.25, -0.2) is 0 Å². The van der Waals surface area contributed by atoms with Crippen molar-refractivity contribution in [2.75, 3.05) is 11.5 Å². The fraction of sp³-hybridized carbons (Fsp3) is 0.462. The number of aryl methyl sites for hydroxylation is 1. The van der Waals surface area contributed by atoms with Crippen molar-refractivity contribution < 1.29 is 4.79 Å². The van der Waals surface area contributed by atoms with Crippen molar-refractivity contribution in [1.82, 2.24) is 5.32 Å². The van der Waals surface area contributed by atoms with Crippen LogP contribution >= 0.6 is 11.8 Å². The highest BCUT2D eigenvalue weighted by atomic mass is 32.2. The molecular formula is C13H17NOS. The Morgan fingerprint density at radius 2 is 2.19 bits per heavy atom. The van der Waals surface area contributed by atoms with Crippen LogP contribution in [0.15, 0.2) is 24.3 Å². The third-order valence-electron chi connectivity index (χ3n) is 2.78. The van der Waals surface area contributed by atoms with Gasteiger partial charge < -0.3 is 5.32 Å². The van der Waals surface area contributed by atoms with E-state index in [0.29, 0.717) is 12.5 Å². The summed E-state index contributed by atoms with van der Waals surface area (Å²) in [5.41, 5.74) is 2.32. The van der Waals surface area contributed by atoms with E-state index in [0.717, 1.165) is 17.7 Å². The number of thioether (sulfide) groups is 1. The second-order valence-corrected chi connectivity index (χ2v) is 5.44. The van der Waals surface area contributed by atoms with Crippen molar-refractivity contribution >= 4 is 17.7 Å². The van der Waals surface area contributed by atoms with E-state index < -0.39 is 0 Å². The molecule has 1 heterocycles. The summed E-state index contributed by atoms with van der Waals surface area (Å²) in [7, 11) is 0. The van der Waals surface area contributed by atoms with E-state index >= 15 is 0 Å². The third-order valence-corrected chi connectivity index (χ3v) is 3.94. The van der Waals surface area contributed by atoms with Crippen LogP contribution in [-0.4, -0.2) is 23.5 Å². The molecule has 0 aliphatic carbocycles. The van der Waals surface area contributed by atoms with Crippen molar-refractivity contribution in [1.29, 1.82) is 0 Å². The topological polar surface area (TPSA) is 29.1 Å². The molecule has 1 aromatic carbocycles. The molecule has 1 saturated heterocycles. The van der Waals surface area contributed by atoms with Crippen LogP contribution in [0.4, 0.5) is 0 Å². The summed E-state index contributed by atoms with van der Waals surface area (Å²) in [6.07, 6.45) is 1.62. The van der Waals surface area contributed by atoms with Gasteiger partial charge in [-0.3, -0.25) is 4.79 Å². The lowest BCUT2D eigenvalue weighted by molar-refractivity contribution is -0.120. The number of rotatable bonds is 3. The van der Waals surface area contributed by atoms with E-state index in [4.69, 9.17) is 0 Å². The van der Waals surface area contributed by atoms with E-state index in [9.17, 15) is 4.79 Å². The van der Waals surface area contributed by atoms with Crippen LogP contribution in [0.1, 0.15) is 17.5 Å². The second-order valence-electron chi connectivity index (χ2n) is 4.29. The molecule has 1 atom stereocenters. The van der Waals surface area contributed by atoms with Gasteiger partial charge in [0, 0.05) is 11.8 Å². The first-order chi connectivity index (χ1) is 7.74. The molecule has 1 aliphatic heterocycles. The molecule has 2 rings (SSSR count). The summed E-state index contributed by atoms with van der Waals surface area (Å²) in [5, 5.41) is 3.08. The van der Waals surface area contributed by atoms with E-state index in [1.807, 2.05) is 36.0 Å². The largest absolute Gasteiger partial charge is 0.352 e. The molecule has 0 aromatic heterocycles. The molecule has 2 nitrogen and oxygen atoms in total. The molecule has 16 heavy (non-hydrogen) atoms. The van der Waals surface area contributed by atoms with Crippen molar-refractivity contribution in [2.24, 2.45) is 0 Å². The van der Waals surface area contributed by atoms with Gasteiger partial charge >= 0.3 is 0 Å².